The molecule has 3 amide bonds. The van der Waals surface area contributed by atoms with Crippen molar-refractivity contribution in [3.63, 3.8) is 0 Å². The second kappa shape index (κ2) is 31.5. The van der Waals surface area contributed by atoms with E-state index in [9.17, 15) is 14.4 Å². The third kappa shape index (κ3) is 15.8. The molecule has 6 aromatic rings. The number of rotatable bonds is 9. The van der Waals surface area contributed by atoms with Crippen molar-refractivity contribution in [2.75, 3.05) is 21.1 Å². The summed E-state index contributed by atoms with van der Waals surface area (Å²) >= 11 is 0. The number of benzene rings is 6. The van der Waals surface area contributed by atoms with Crippen LogP contribution in [0.25, 0.3) is 16.7 Å². The van der Waals surface area contributed by atoms with Crippen LogP contribution in [0, 0.1) is 83.1 Å². The fourth-order valence-corrected chi connectivity index (χ4v) is 10.7. The molecule has 6 N–H and O–H groups in total. The smallest absolute Gasteiger partial charge is 0.251 e. The molecule has 8 nitrogen and oxygen atoms in total. The van der Waals surface area contributed by atoms with Gasteiger partial charge in [0.1, 0.15) is 0 Å². The van der Waals surface area contributed by atoms with Crippen LogP contribution >= 0.6 is 0 Å². The van der Waals surface area contributed by atoms with Gasteiger partial charge >= 0.3 is 0 Å². The molecule has 6 aromatic carbocycles. The van der Waals surface area contributed by atoms with Crippen LogP contribution in [0.2, 0.25) is 0 Å². The van der Waals surface area contributed by atoms with Crippen LogP contribution < -0.4 is 27.0 Å². The maximum absolute atomic E-state index is 12.5. The Bertz CT molecular complexity index is 2810. The van der Waals surface area contributed by atoms with E-state index in [0.717, 1.165) is 71.9 Å². The van der Waals surface area contributed by atoms with E-state index >= 15 is 0 Å². The molecule has 79 heavy (non-hydrogen) atoms. The molecule has 0 radical (unpaired) electrons. The van der Waals surface area contributed by atoms with Crippen LogP contribution in [-0.2, 0) is 53.3 Å². The summed E-state index contributed by atoms with van der Waals surface area (Å²) in [4.78, 5) is 37.4. The minimum Gasteiger partial charge on any atom is -0.348 e. The van der Waals surface area contributed by atoms with Gasteiger partial charge in [0.2, 0.25) is 0 Å². The lowest BCUT2D eigenvalue weighted by Crippen LogP contribution is -2.31. The van der Waals surface area contributed by atoms with E-state index in [1.165, 1.54) is 107 Å². The van der Waals surface area contributed by atoms with Crippen LogP contribution in [0.1, 0.15) is 150 Å². The summed E-state index contributed by atoms with van der Waals surface area (Å²) in [7, 11) is 5.25. The SMILES string of the molecule is CC.CN.CNC.Cc1c(C)c(C)c2c(c1C)CNC(=O)/C2=C\CCc1ccccc1.Cc1c(C)c(C)c2c(c1C)CNC(=O)/C2=C\CCc1ccccc1.Cc1c(C)c(C)c2c(c1C)CNC(=O)/C2=C\CCc1ccccc1. The lowest BCUT2D eigenvalue weighted by atomic mass is 9.83. The topological polar surface area (TPSA) is 125 Å². The summed E-state index contributed by atoms with van der Waals surface area (Å²) < 4.78 is 0. The zero-order valence-electron chi connectivity index (χ0n) is 51.1. The van der Waals surface area contributed by atoms with Crippen LogP contribution in [0.4, 0.5) is 0 Å². The number of nitrogens with one attached hydrogen (secondary N) is 4. The van der Waals surface area contributed by atoms with Gasteiger partial charge in [-0.3, -0.25) is 14.4 Å². The molecule has 0 saturated heterocycles. The molecule has 0 bridgehead atoms. The first kappa shape index (κ1) is 64.4. The second-order valence-electron chi connectivity index (χ2n) is 20.5. The zero-order valence-corrected chi connectivity index (χ0v) is 51.1. The van der Waals surface area contributed by atoms with Gasteiger partial charge in [-0.1, -0.05) is 123 Å². The fraction of sp³-hybridized carbons (Fsp3) is 0.366. The summed E-state index contributed by atoms with van der Waals surface area (Å²) in [5.74, 6) is 0.170. The highest BCUT2D eigenvalue weighted by Crippen LogP contribution is 2.37. The summed E-state index contributed by atoms with van der Waals surface area (Å²) in [5.41, 5.74) is 33.8. The molecule has 9 rings (SSSR count). The highest BCUT2D eigenvalue weighted by atomic mass is 16.2. The van der Waals surface area contributed by atoms with Crippen molar-refractivity contribution in [3.05, 3.63) is 226 Å². The minimum absolute atomic E-state index is 0.0568. The van der Waals surface area contributed by atoms with Crippen molar-refractivity contribution in [2.24, 2.45) is 5.73 Å². The Kier molecular flexibility index (Phi) is 25.6. The van der Waals surface area contributed by atoms with Crippen molar-refractivity contribution in [1.82, 2.24) is 21.3 Å². The summed E-state index contributed by atoms with van der Waals surface area (Å²) in [6.45, 7) is 31.8. The lowest BCUT2D eigenvalue weighted by molar-refractivity contribution is -0.116. The minimum atomic E-state index is 0.0568. The van der Waals surface area contributed by atoms with Crippen molar-refractivity contribution in [2.45, 2.75) is 155 Å². The van der Waals surface area contributed by atoms with E-state index in [4.69, 9.17) is 0 Å². The van der Waals surface area contributed by atoms with Gasteiger partial charge in [-0.25, -0.2) is 0 Å². The molecule has 0 aromatic heterocycles. The molecular formula is C71H93N5O3. The van der Waals surface area contributed by atoms with Crippen molar-refractivity contribution in [3.8, 4) is 0 Å². The van der Waals surface area contributed by atoms with Gasteiger partial charge in [0.05, 0.1) is 0 Å². The standard InChI is InChI=1S/3C22H25NO.C2H7N.C2H6.CH5N/c3*1-14-15(2)17(4)21-19(22(24)23-13-20(21)16(14)3)12-8-11-18-9-6-5-7-10-18;1-3-2;2*1-2/h3*5-7,9-10,12H,8,11,13H2,1-4H3,(H,23,24);3H,1-2H3;1-2H3;2H2,1H3/b3*19-12-;;;. The largest absolute Gasteiger partial charge is 0.348 e. The monoisotopic (exact) mass is 1060 g/mol. The number of carbonyl (C=O) groups excluding carboxylic acids is 3. The average Bonchev–Trinajstić information content (AvgIpc) is 3.59. The molecule has 420 valence electrons. The molecule has 3 heterocycles. The second-order valence-corrected chi connectivity index (χ2v) is 20.5. The Balaban J connectivity index is 0.000000241. The molecule has 3 aliphatic heterocycles. The number of amides is 3. The number of nitrogens with two attached hydrogens (primary N) is 1. The maximum Gasteiger partial charge on any atom is 0.251 e. The van der Waals surface area contributed by atoms with E-state index < -0.39 is 0 Å². The Labute approximate surface area is 475 Å². The van der Waals surface area contributed by atoms with E-state index in [2.05, 4.69) is 201 Å². The normalized spacial score (nSPS) is 14.4. The maximum atomic E-state index is 12.5. The van der Waals surface area contributed by atoms with Crippen LogP contribution in [0.3, 0.4) is 0 Å². The van der Waals surface area contributed by atoms with Gasteiger partial charge in [-0.2, -0.15) is 0 Å². The third-order valence-corrected chi connectivity index (χ3v) is 16.1. The first-order chi connectivity index (χ1) is 37.9. The highest BCUT2D eigenvalue weighted by Gasteiger charge is 2.29. The highest BCUT2D eigenvalue weighted by molar-refractivity contribution is 6.23. The zero-order chi connectivity index (χ0) is 58.5. The molecule has 3 aliphatic rings. The van der Waals surface area contributed by atoms with Gasteiger partial charge in [0.15, 0.2) is 0 Å². The fourth-order valence-electron chi connectivity index (χ4n) is 10.7. The van der Waals surface area contributed by atoms with E-state index in [1.54, 1.807) is 0 Å². The Morgan fingerprint density at radius 1 is 0.367 bits per heavy atom. The van der Waals surface area contributed by atoms with Crippen LogP contribution in [0.15, 0.2) is 109 Å². The molecule has 0 fully saturated rings. The van der Waals surface area contributed by atoms with Crippen LogP contribution in [-0.4, -0.2) is 38.9 Å². The van der Waals surface area contributed by atoms with E-state index in [1.807, 2.05) is 46.1 Å². The van der Waals surface area contributed by atoms with Crippen molar-refractivity contribution < 1.29 is 14.4 Å². The molecule has 0 aliphatic carbocycles. The Hall–Kier alpha value is -7.13. The Morgan fingerprint density at radius 3 is 0.785 bits per heavy atom. The average molecular weight is 1060 g/mol. The van der Waals surface area contributed by atoms with Crippen LogP contribution in [0.5, 0.6) is 0 Å². The summed E-state index contributed by atoms with van der Waals surface area (Å²) in [5, 5.41) is 11.9. The first-order valence-corrected chi connectivity index (χ1v) is 28.4. The van der Waals surface area contributed by atoms with Gasteiger partial charge in [-0.15, -0.1) is 0 Å². The molecule has 0 atom stereocenters. The number of carbonyl (C=O) groups is 3. The number of hydrogen-bond donors (Lipinski definition) is 5. The van der Waals surface area contributed by atoms with Gasteiger partial charge in [0.25, 0.3) is 17.7 Å². The predicted octanol–water partition coefficient (Wildman–Crippen LogP) is 14.1. The van der Waals surface area contributed by atoms with Gasteiger partial charge in [0, 0.05) is 36.4 Å². The molecule has 0 spiro atoms. The number of allylic oxidation sites excluding steroid dienone is 3. The van der Waals surface area contributed by atoms with E-state index in [0.29, 0.717) is 19.6 Å². The lowest BCUT2D eigenvalue weighted by Gasteiger charge is -2.26. The first-order valence-electron chi connectivity index (χ1n) is 28.4. The van der Waals surface area contributed by atoms with E-state index in [-0.39, 0.29) is 17.7 Å². The third-order valence-electron chi connectivity index (χ3n) is 16.1. The quantitative estimate of drug-likeness (QED) is 0.0923. The van der Waals surface area contributed by atoms with Crippen molar-refractivity contribution in [1.29, 1.82) is 0 Å². The number of fused-ring (bicyclic) bond motifs is 3. The van der Waals surface area contributed by atoms with Gasteiger partial charge < -0.3 is 27.0 Å². The molecular weight excluding hydrogens is 971 g/mol. The summed E-state index contributed by atoms with van der Waals surface area (Å²) in [6, 6.07) is 31.3. The molecule has 0 saturated carbocycles. The molecule has 8 heteroatoms. The summed E-state index contributed by atoms with van der Waals surface area (Å²) in [6.07, 6.45) is 11.8. The molecule has 0 unspecified atom stereocenters. The predicted molar refractivity (Wildman–Crippen MR) is 336 cm³/mol. The van der Waals surface area contributed by atoms with Crippen molar-refractivity contribution >= 4 is 34.4 Å². The number of aryl methyl sites for hydroxylation is 3. The number of hydrogen-bond acceptors (Lipinski definition) is 5. The Morgan fingerprint density at radius 2 is 0.570 bits per heavy atom. The van der Waals surface area contributed by atoms with Gasteiger partial charge in [-0.05, 0) is 260 Å².